The van der Waals surface area contributed by atoms with Gasteiger partial charge in [0.1, 0.15) is 0 Å². The van der Waals surface area contributed by atoms with Crippen LogP contribution in [-0.4, -0.2) is 17.1 Å². The molecule has 0 unspecified atom stereocenters. The molecular weight excluding hydrogens is 659 g/mol. The molecule has 3 nitrogen and oxygen atoms in total. The van der Waals surface area contributed by atoms with Crippen molar-refractivity contribution in [3.05, 3.63) is 167 Å². The van der Waals surface area contributed by atoms with E-state index in [0.717, 1.165) is 23.2 Å². The predicted molar refractivity (Wildman–Crippen MR) is 223 cm³/mol. The molecule has 0 radical (unpaired) electrons. The fourth-order valence-electron chi connectivity index (χ4n) is 7.65. The maximum atomic E-state index is 4.97. The number of hydrogen-bond donors (Lipinski definition) is 0. The summed E-state index contributed by atoms with van der Waals surface area (Å²) in [5.74, 6) is 0.691. The van der Waals surface area contributed by atoms with Crippen LogP contribution in [0.1, 0.15) is 28.0 Å². The van der Waals surface area contributed by atoms with Gasteiger partial charge in [-0.3, -0.25) is 4.99 Å². The maximum Gasteiger partial charge on any atom is 0.155 e. The van der Waals surface area contributed by atoms with E-state index in [0.29, 0.717) is 12.4 Å². The van der Waals surface area contributed by atoms with Gasteiger partial charge in [-0.2, -0.15) is 0 Å². The van der Waals surface area contributed by atoms with Crippen molar-refractivity contribution in [2.24, 2.45) is 9.98 Å². The Kier molecular flexibility index (Phi) is 7.15. The monoisotopic (exact) mass is 689 g/mol. The summed E-state index contributed by atoms with van der Waals surface area (Å²) in [6.07, 6.45) is 5.44. The van der Waals surface area contributed by atoms with Crippen molar-refractivity contribution in [2.75, 3.05) is 0 Å². The van der Waals surface area contributed by atoms with Gasteiger partial charge < -0.3 is 4.57 Å². The molecule has 0 N–H and O–H groups in total. The summed E-state index contributed by atoms with van der Waals surface area (Å²) >= 11 is 3.70. The fourth-order valence-corrected chi connectivity index (χ4v) is 10.1. The van der Waals surface area contributed by atoms with Gasteiger partial charge in [0.15, 0.2) is 5.84 Å². The number of fused-ring (bicyclic) bond motifs is 10. The zero-order valence-corrected chi connectivity index (χ0v) is 29.3. The number of aromatic nitrogens is 1. The van der Waals surface area contributed by atoms with Crippen molar-refractivity contribution >= 4 is 105 Å². The highest BCUT2D eigenvalue weighted by Gasteiger charge is 2.22. The van der Waals surface area contributed by atoms with Crippen LogP contribution in [0.5, 0.6) is 0 Å². The third-order valence-electron chi connectivity index (χ3n) is 10.0. The van der Waals surface area contributed by atoms with Crippen LogP contribution in [0, 0.1) is 0 Å². The van der Waals surface area contributed by atoms with Crippen molar-refractivity contribution in [3.8, 4) is 5.69 Å². The van der Waals surface area contributed by atoms with Crippen LogP contribution in [0.15, 0.2) is 156 Å². The van der Waals surface area contributed by atoms with E-state index in [-0.39, 0.29) is 0 Å². The quantitative estimate of drug-likeness (QED) is 0.127. The zero-order valence-electron chi connectivity index (χ0n) is 27.7. The van der Waals surface area contributed by atoms with Crippen LogP contribution < -0.4 is 0 Å². The van der Waals surface area contributed by atoms with E-state index in [9.17, 15) is 0 Å². The van der Waals surface area contributed by atoms with E-state index in [2.05, 4.69) is 150 Å². The maximum absolute atomic E-state index is 4.97. The predicted octanol–water partition coefficient (Wildman–Crippen LogP) is 13.0. The molecule has 5 heteroatoms. The Labute approximate surface area is 303 Å². The molecular formula is C46H31N3S2. The first-order valence-corrected chi connectivity index (χ1v) is 18.8. The molecule has 9 aromatic rings. The van der Waals surface area contributed by atoms with Crippen LogP contribution in [-0.2, 0) is 6.54 Å². The number of benzene rings is 6. The summed E-state index contributed by atoms with van der Waals surface area (Å²) in [5.41, 5.74) is 9.52. The Morgan fingerprint density at radius 2 is 1.35 bits per heavy atom. The van der Waals surface area contributed by atoms with Crippen molar-refractivity contribution in [2.45, 2.75) is 13.0 Å². The van der Waals surface area contributed by atoms with Gasteiger partial charge in [-0.25, -0.2) is 4.99 Å². The fraction of sp³-hybridized carbons (Fsp3) is 0.0435. The number of aliphatic imine (C=N–C) groups is 2. The zero-order chi connectivity index (χ0) is 33.9. The van der Waals surface area contributed by atoms with E-state index < -0.39 is 0 Å². The molecule has 0 saturated carbocycles. The van der Waals surface area contributed by atoms with Crippen LogP contribution in [0.3, 0.4) is 0 Å². The smallest absolute Gasteiger partial charge is 0.155 e. The molecule has 1 aliphatic carbocycles. The summed E-state index contributed by atoms with van der Waals surface area (Å²) < 4.78 is 6.36. The summed E-state index contributed by atoms with van der Waals surface area (Å²) in [6, 6.07) is 50.3. The van der Waals surface area contributed by atoms with Crippen molar-refractivity contribution in [3.63, 3.8) is 0 Å². The molecule has 51 heavy (non-hydrogen) atoms. The summed E-state index contributed by atoms with van der Waals surface area (Å²) in [4.78, 5) is 10.6. The average Bonchev–Trinajstić information content (AvgIpc) is 3.81. The minimum atomic E-state index is 0.561. The third kappa shape index (κ3) is 4.92. The van der Waals surface area contributed by atoms with Gasteiger partial charge in [-0.1, -0.05) is 109 Å². The van der Waals surface area contributed by atoms with Crippen LogP contribution in [0.4, 0.5) is 0 Å². The second kappa shape index (κ2) is 12.2. The second-order valence-corrected chi connectivity index (χ2v) is 15.1. The van der Waals surface area contributed by atoms with Gasteiger partial charge in [0.2, 0.25) is 0 Å². The van der Waals surface area contributed by atoms with Gasteiger partial charge in [-0.05, 0) is 72.3 Å². The normalized spacial score (nSPS) is 13.5. The molecule has 6 aromatic carbocycles. The van der Waals surface area contributed by atoms with Crippen LogP contribution >= 0.6 is 22.7 Å². The van der Waals surface area contributed by atoms with Crippen molar-refractivity contribution in [1.29, 1.82) is 0 Å². The molecule has 242 valence electrons. The highest BCUT2D eigenvalue weighted by Crippen LogP contribution is 2.44. The van der Waals surface area contributed by atoms with E-state index in [1.807, 2.05) is 29.5 Å². The summed E-state index contributed by atoms with van der Waals surface area (Å²) in [5, 5.41) is 6.53. The topological polar surface area (TPSA) is 29.6 Å². The van der Waals surface area contributed by atoms with Gasteiger partial charge in [0.25, 0.3) is 0 Å². The minimum Gasteiger partial charge on any atom is -0.309 e. The van der Waals surface area contributed by atoms with E-state index in [4.69, 9.17) is 4.99 Å². The lowest BCUT2D eigenvalue weighted by atomic mass is 10.00. The van der Waals surface area contributed by atoms with E-state index in [1.54, 1.807) is 11.3 Å². The molecule has 1 aliphatic rings. The van der Waals surface area contributed by atoms with Gasteiger partial charge in [0.05, 0.1) is 17.6 Å². The summed E-state index contributed by atoms with van der Waals surface area (Å²) in [6.45, 7) is 4.51. The molecule has 0 fully saturated rings. The largest absolute Gasteiger partial charge is 0.309 e. The van der Waals surface area contributed by atoms with Crippen molar-refractivity contribution < 1.29 is 0 Å². The number of hydrogen-bond acceptors (Lipinski definition) is 3. The van der Waals surface area contributed by atoms with Gasteiger partial charge in [-0.15, -0.1) is 22.7 Å². The molecule has 0 atom stereocenters. The van der Waals surface area contributed by atoms with Crippen LogP contribution in [0.25, 0.3) is 75.0 Å². The molecule has 3 heterocycles. The number of para-hydroxylation sites is 1. The molecule has 0 aliphatic heterocycles. The molecule has 0 amide bonds. The third-order valence-corrected chi connectivity index (χ3v) is 12.5. The van der Waals surface area contributed by atoms with Gasteiger partial charge in [0, 0.05) is 62.7 Å². The molecule has 0 saturated heterocycles. The highest BCUT2D eigenvalue weighted by atomic mass is 32.1. The minimum absolute atomic E-state index is 0.561. The van der Waals surface area contributed by atoms with Crippen molar-refractivity contribution in [1.82, 2.24) is 4.57 Å². The lowest BCUT2D eigenvalue weighted by molar-refractivity contribution is 1.07. The number of nitrogens with zero attached hydrogens (tertiary/aromatic N) is 3. The first-order valence-electron chi connectivity index (χ1n) is 17.2. The Balaban J connectivity index is 1.08. The first kappa shape index (κ1) is 30.0. The van der Waals surface area contributed by atoms with Gasteiger partial charge >= 0.3 is 0 Å². The Morgan fingerprint density at radius 1 is 0.647 bits per heavy atom. The Bertz CT molecular complexity index is 2920. The molecule has 10 rings (SSSR count). The number of thiophene rings is 2. The molecule has 0 bridgehead atoms. The Hall–Kier alpha value is -5.88. The number of rotatable bonds is 5. The SMILES string of the molecule is C=N/C(=N\Cc1ccccc1)C1=CCC(c2ccc(-n3c4ccccc4c4c5sc6ccccc6c5ccc43)cc2)=Cc2c1sc1ccccc21. The standard InChI is InChI=1S/C46H31N3S2/c1-47-46(48-28-29-11-3-2-4-12-29)37-24-21-31(27-38-34-14-7-10-18-42(34)50-44(37)38)30-19-22-32(23-20-30)49-39-16-8-5-15-36(39)43-40(49)26-25-35-33-13-6-9-17-41(33)51-45(35)43/h2-20,22-27H,1,21,28H2/b48-46-. The average molecular weight is 690 g/mol. The lowest BCUT2D eigenvalue weighted by Gasteiger charge is -2.11. The number of allylic oxidation sites excluding steroid dienone is 2. The second-order valence-electron chi connectivity index (χ2n) is 13.0. The van der Waals surface area contributed by atoms with E-state index in [1.165, 1.54) is 73.6 Å². The summed E-state index contributed by atoms with van der Waals surface area (Å²) in [7, 11) is 0. The molecule has 0 spiro atoms. The lowest BCUT2D eigenvalue weighted by Crippen LogP contribution is -1.99. The van der Waals surface area contributed by atoms with Crippen LogP contribution in [0.2, 0.25) is 0 Å². The number of amidine groups is 1. The molecule has 3 aromatic heterocycles. The highest BCUT2D eigenvalue weighted by molar-refractivity contribution is 7.26. The first-order chi connectivity index (χ1) is 25.2. The van der Waals surface area contributed by atoms with E-state index >= 15 is 0 Å². The Morgan fingerprint density at radius 3 is 2.16 bits per heavy atom.